The fourth-order valence-electron chi connectivity index (χ4n) is 4.17. The molecule has 0 spiro atoms. The minimum atomic E-state index is -0.711. The summed E-state index contributed by atoms with van der Waals surface area (Å²) in [5.74, 6) is 1.02. The van der Waals surface area contributed by atoms with Gasteiger partial charge in [-0.2, -0.15) is 5.10 Å². The normalized spacial score (nSPS) is 15.2. The van der Waals surface area contributed by atoms with E-state index in [0.29, 0.717) is 30.2 Å². The molecule has 8 heteroatoms. The molecule has 2 amide bonds. The first-order chi connectivity index (χ1) is 16.1. The minimum Gasteiger partial charge on any atom is -0.497 e. The Morgan fingerprint density at radius 3 is 2.48 bits per heavy atom. The summed E-state index contributed by atoms with van der Waals surface area (Å²) in [7, 11) is 3.10. The molecule has 0 aliphatic carbocycles. The summed E-state index contributed by atoms with van der Waals surface area (Å²) in [5.41, 5.74) is 1.40. The maximum Gasteiger partial charge on any atom is 0.259 e. The van der Waals surface area contributed by atoms with Crippen molar-refractivity contribution >= 4 is 17.6 Å². The molecule has 33 heavy (non-hydrogen) atoms. The minimum absolute atomic E-state index is 0.00728. The van der Waals surface area contributed by atoms with Crippen molar-refractivity contribution in [3.05, 3.63) is 78.0 Å². The van der Waals surface area contributed by atoms with Gasteiger partial charge in [0.1, 0.15) is 11.6 Å². The monoisotopic (exact) mass is 448 g/mol. The molecule has 0 saturated carbocycles. The van der Waals surface area contributed by atoms with Crippen molar-refractivity contribution in [3.63, 3.8) is 0 Å². The summed E-state index contributed by atoms with van der Waals surface area (Å²) in [4.78, 5) is 27.6. The van der Waals surface area contributed by atoms with Gasteiger partial charge in [-0.25, -0.2) is 4.68 Å². The summed E-state index contributed by atoms with van der Waals surface area (Å²) >= 11 is 0. The van der Waals surface area contributed by atoms with E-state index in [2.05, 4.69) is 10.4 Å². The molecule has 1 N–H and O–H groups in total. The highest BCUT2D eigenvalue weighted by molar-refractivity contribution is 5.95. The fourth-order valence-corrected chi connectivity index (χ4v) is 4.17. The van der Waals surface area contributed by atoms with E-state index in [1.54, 1.807) is 31.5 Å². The van der Waals surface area contributed by atoms with Gasteiger partial charge in [0, 0.05) is 31.8 Å². The number of piperidine rings is 1. The number of aromatic nitrogens is 2. The molecule has 1 aliphatic rings. The molecule has 2 aromatic carbocycles. The second-order valence-corrected chi connectivity index (χ2v) is 7.93. The van der Waals surface area contributed by atoms with Crippen LogP contribution >= 0.6 is 0 Å². The van der Waals surface area contributed by atoms with E-state index < -0.39 is 6.10 Å². The Labute approximate surface area is 193 Å². The number of ether oxygens (including phenoxy) is 2. The first kappa shape index (κ1) is 22.5. The average Bonchev–Trinajstić information content (AvgIpc) is 3.33. The topological polar surface area (TPSA) is 85.7 Å². The largest absolute Gasteiger partial charge is 0.497 e. The highest BCUT2D eigenvalue weighted by Gasteiger charge is 2.27. The number of nitrogens with one attached hydrogen (secondary N) is 1. The van der Waals surface area contributed by atoms with Crippen LogP contribution in [0.15, 0.2) is 66.9 Å². The van der Waals surface area contributed by atoms with Crippen molar-refractivity contribution < 1.29 is 19.1 Å². The lowest BCUT2D eigenvalue weighted by molar-refractivity contribution is -0.126. The summed E-state index contributed by atoms with van der Waals surface area (Å²) in [6.45, 7) is 1.22. The Bertz CT molecular complexity index is 1090. The van der Waals surface area contributed by atoms with E-state index in [-0.39, 0.29) is 17.9 Å². The van der Waals surface area contributed by atoms with E-state index in [0.717, 1.165) is 18.4 Å². The van der Waals surface area contributed by atoms with Crippen molar-refractivity contribution in [2.75, 3.05) is 32.6 Å². The predicted octanol–water partition coefficient (Wildman–Crippen LogP) is 3.70. The average molecular weight is 449 g/mol. The molecule has 3 aromatic rings. The lowest BCUT2D eigenvalue weighted by atomic mass is 10.0. The van der Waals surface area contributed by atoms with Gasteiger partial charge in [0.25, 0.3) is 11.8 Å². The van der Waals surface area contributed by atoms with Gasteiger partial charge in [-0.3, -0.25) is 9.59 Å². The molecule has 1 saturated heterocycles. The molecular formula is C25H28N4O4. The maximum atomic E-state index is 12.9. The maximum absolute atomic E-state index is 12.9. The Balaban J connectivity index is 1.39. The van der Waals surface area contributed by atoms with Crippen molar-refractivity contribution in [1.82, 2.24) is 14.7 Å². The van der Waals surface area contributed by atoms with Crippen LogP contribution in [0, 0.1) is 0 Å². The van der Waals surface area contributed by atoms with Crippen LogP contribution < -0.4 is 10.1 Å². The van der Waals surface area contributed by atoms with Gasteiger partial charge in [0.05, 0.1) is 19.3 Å². The number of carbonyl (C=O) groups is 2. The van der Waals surface area contributed by atoms with Crippen LogP contribution in [0.5, 0.6) is 5.75 Å². The van der Waals surface area contributed by atoms with Crippen LogP contribution in [0.1, 0.15) is 40.9 Å². The Hall–Kier alpha value is -3.65. The third kappa shape index (κ3) is 5.06. The molecule has 1 aromatic heterocycles. The van der Waals surface area contributed by atoms with E-state index in [9.17, 15) is 9.59 Å². The number of carbonyl (C=O) groups excluding carboxylic acids is 2. The number of methoxy groups -OCH3 is 2. The molecule has 0 unspecified atom stereocenters. The number of likely N-dealkylation sites (tertiary alicyclic amines) is 1. The zero-order valence-corrected chi connectivity index (χ0v) is 18.8. The molecule has 4 rings (SSSR count). The lowest BCUT2D eigenvalue weighted by Gasteiger charge is -2.33. The highest BCUT2D eigenvalue weighted by atomic mass is 16.5. The molecule has 172 valence electrons. The third-order valence-electron chi connectivity index (χ3n) is 5.91. The lowest BCUT2D eigenvalue weighted by Crippen LogP contribution is -2.39. The van der Waals surface area contributed by atoms with Crippen molar-refractivity contribution in [2.45, 2.75) is 25.0 Å². The molecule has 1 fully saturated rings. The van der Waals surface area contributed by atoms with Gasteiger partial charge in [-0.15, -0.1) is 0 Å². The van der Waals surface area contributed by atoms with Crippen LogP contribution in [-0.2, 0) is 9.53 Å². The van der Waals surface area contributed by atoms with Crippen LogP contribution in [0.3, 0.4) is 0 Å². The van der Waals surface area contributed by atoms with Gasteiger partial charge < -0.3 is 19.7 Å². The molecule has 1 aliphatic heterocycles. The second kappa shape index (κ2) is 10.3. The third-order valence-corrected chi connectivity index (χ3v) is 5.91. The Morgan fingerprint density at radius 2 is 1.79 bits per heavy atom. The van der Waals surface area contributed by atoms with Crippen LogP contribution in [-0.4, -0.2) is 53.8 Å². The first-order valence-corrected chi connectivity index (χ1v) is 11.0. The Kier molecular flexibility index (Phi) is 7.04. The van der Waals surface area contributed by atoms with Gasteiger partial charge in [0.2, 0.25) is 0 Å². The van der Waals surface area contributed by atoms with Gasteiger partial charge in [-0.1, -0.05) is 36.4 Å². The number of nitrogens with zero attached hydrogens (tertiary/aromatic N) is 3. The first-order valence-electron chi connectivity index (χ1n) is 11.0. The number of hydrogen-bond acceptors (Lipinski definition) is 5. The van der Waals surface area contributed by atoms with Crippen molar-refractivity contribution in [2.24, 2.45) is 0 Å². The highest BCUT2D eigenvalue weighted by Crippen LogP contribution is 2.27. The van der Waals surface area contributed by atoms with E-state index >= 15 is 0 Å². The SMILES string of the molecule is COc1cccc(C(=O)N2CCC(n3nccc3NC(=O)[C@H](OC)c3ccccc3)CC2)c1. The van der Waals surface area contributed by atoms with Crippen LogP contribution in [0.25, 0.3) is 0 Å². The molecule has 1 atom stereocenters. The summed E-state index contributed by atoms with van der Waals surface area (Å²) in [5, 5.41) is 7.39. The number of rotatable bonds is 7. The second-order valence-electron chi connectivity index (χ2n) is 7.93. The molecule has 8 nitrogen and oxygen atoms in total. The molecular weight excluding hydrogens is 420 g/mol. The number of benzene rings is 2. The number of anilines is 1. The van der Waals surface area contributed by atoms with E-state index in [1.165, 1.54) is 7.11 Å². The molecule has 2 heterocycles. The molecule has 0 radical (unpaired) electrons. The summed E-state index contributed by atoms with van der Waals surface area (Å²) in [6.07, 6.45) is 2.45. The number of hydrogen-bond donors (Lipinski definition) is 1. The molecule has 0 bridgehead atoms. The summed E-state index contributed by atoms with van der Waals surface area (Å²) in [6, 6.07) is 18.4. The number of amides is 2. The standard InChI is InChI=1S/C25H28N4O4/c1-32-21-10-6-9-19(17-21)25(31)28-15-12-20(13-16-28)29-22(11-14-26-29)27-24(30)23(33-2)18-7-4-3-5-8-18/h3-11,14,17,20,23H,12-13,15-16H2,1-2H3,(H,27,30)/t23-/m1/s1. The van der Waals surface area contributed by atoms with E-state index in [1.807, 2.05) is 52.0 Å². The zero-order valence-electron chi connectivity index (χ0n) is 18.8. The van der Waals surface area contributed by atoms with Gasteiger partial charge >= 0.3 is 0 Å². The zero-order chi connectivity index (χ0) is 23.2. The van der Waals surface area contributed by atoms with E-state index in [4.69, 9.17) is 9.47 Å². The Morgan fingerprint density at radius 1 is 1.03 bits per heavy atom. The quantitative estimate of drug-likeness (QED) is 0.596. The van der Waals surface area contributed by atoms with Crippen LogP contribution in [0.4, 0.5) is 5.82 Å². The summed E-state index contributed by atoms with van der Waals surface area (Å²) < 4.78 is 12.5. The van der Waals surface area contributed by atoms with Crippen LogP contribution in [0.2, 0.25) is 0 Å². The van der Waals surface area contributed by atoms with Crippen molar-refractivity contribution in [1.29, 1.82) is 0 Å². The van der Waals surface area contributed by atoms with Gasteiger partial charge in [0.15, 0.2) is 6.10 Å². The van der Waals surface area contributed by atoms with Crippen molar-refractivity contribution in [3.8, 4) is 5.75 Å². The smallest absolute Gasteiger partial charge is 0.259 e. The predicted molar refractivity (Wildman–Crippen MR) is 124 cm³/mol. The fraction of sp³-hybridized carbons (Fsp3) is 0.320. The van der Waals surface area contributed by atoms with Gasteiger partial charge in [-0.05, 0) is 36.6 Å².